The zero-order chi connectivity index (χ0) is 15.0. The monoisotopic (exact) mass is 280 g/mol. The molecule has 0 aromatic carbocycles. The minimum atomic E-state index is -1.07. The number of imide groups is 2. The van der Waals surface area contributed by atoms with Crippen LogP contribution in [0.15, 0.2) is 0 Å². The molecular weight excluding hydrogens is 256 g/mol. The fourth-order valence-electron chi connectivity index (χ4n) is 3.52. The van der Waals surface area contributed by atoms with E-state index in [1.165, 1.54) is 4.90 Å². The minimum Gasteiger partial charge on any atom is -0.277 e. The van der Waals surface area contributed by atoms with E-state index in [0.717, 1.165) is 25.7 Å². The van der Waals surface area contributed by atoms with E-state index in [4.69, 9.17) is 0 Å². The fraction of sp³-hybridized carbons (Fsp3) is 0.800. The van der Waals surface area contributed by atoms with Crippen molar-refractivity contribution in [2.24, 2.45) is 10.8 Å². The smallest absolute Gasteiger partial charge is 0.277 e. The van der Waals surface area contributed by atoms with Gasteiger partial charge in [-0.2, -0.15) is 0 Å². The normalized spacial score (nSPS) is 24.9. The van der Waals surface area contributed by atoms with Crippen LogP contribution < -0.4 is 5.32 Å². The third-order valence-electron chi connectivity index (χ3n) is 5.11. The third-order valence-corrected chi connectivity index (χ3v) is 5.11. The van der Waals surface area contributed by atoms with Gasteiger partial charge < -0.3 is 0 Å². The summed E-state index contributed by atoms with van der Waals surface area (Å²) >= 11 is 0. The average Bonchev–Trinajstić information content (AvgIpc) is 2.83. The standard InChI is InChI=1S/C15H24N2O3/c1-4-15(5-2)11(18)16-13(20)17(12(15)19)10-14(3)8-6-7-9-14/h4-10H2,1-3H3,(H,16,18,20). The molecule has 20 heavy (non-hydrogen) atoms. The number of hydrogen-bond acceptors (Lipinski definition) is 3. The summed E-state index contributed by atoms with van der Waals surface area (Å²) in [5.74, 6) is -0.755. The molecule has 1 saturated carbocycles. The molecule has 0 atom stereocenters. The topological polar surface area (TPSA) is 66.5 Å². The summed E-state index contributed by atoms with van der Waals surface area (Å²) in [5, 5.41) is 2.37. The summed E-state index contributed by atoms with van der Waals surface area (Å²) in [6, 6.07) is -0.550. The molecular formula is C15H24N2O3. The Morgan fingerprint density at radius 1 is 1.10 bits per heavy atom. The summed E-state index contributed by atoms with van der Waals surface area (Å²) in [4.78, 5) is 38.1. The maximum Gasteiger partial charge on any atom is 0.330 e. The van der Waals surface area contributed by atoms with Crippen LogP contribution in [-0.2, 0) is 9.59 Å². The largest absolute Gasteiger partial charge is 0.330 e. The summed E-state index contributed by atoms with van der Waals surface area (Å²) in [6.07, 6.45) is 5.20. The molecule has 2 rings (SSSR count). The highest BCUT2D eigenvalue weighted by Gasteiger charge is 2.52. The van der Waals surface area contributed by atoms with Gasteiger partial charge in [-0.05, 0) is 31.1 Å². The molecule has 1 aliphatic carbocycles. The number of amides is 4. The number of nitrogens with zero attached hydrogens (tertiary/aromatic N) is 1. The molecule has 0 radical (unpaired) electrons. The molecule has 1 N–H and O–H groups in total. The summed E-state index contributed by atoms with van der Waals surface area (Å²) in [6.45, 7) is 6.20. The number of urea groups is 1. The first-order valence-electron chi connectivity index (χ1n) is 7.56. The van der Waals surface area contributed by atoms with Crippen molar-refractivity contribution in [2.45, 2.75) is 59.3 Å². The van der Waals surface area contributed by atoms with Crippen LogP contribution in [-0.4, -0.2) is 29.3 Å². The van der Waals surface area contributed by atoms with Crippen molar-refractivity contribution in [3.05, 3.63) is 0 Å². The van der Waals surface area contributed by atoms with E-state index in [9.17, 15) is 14.4 Å². The first-order chi connectivity index (χ1) is 9.38. The van der Waals surface area contributed by atoms with E-state index >= 15 is 0 Å². The molecule has 4 amide bonds. The van der Waals surface area contributed by atoms with Crippen molar-refractivity contribution < 1.29 is 14.4 Å². The van der Waals surface area contributed by atoms with Crippen LogP contribution in [0.25, 0.3) is 0 Å². The van der Waals surface area contributed by atoms with Crippen molar-refractivity contribution in [3.8, 4) is 0 Å². The van der Waals surface area contributed by atoms with Crippen molar-refractivity contribution in [3.63, 3.8) is 0 Å². The van der Waals surface area contributed by atoms with E-state index in [-0.39, 0.29) is 11.3 Å². The lowest BCUT2D eigenvalue weighted by molar-refractivity contribution is -0.153. The van der Waals surface area contributed by atoms with Gasteiger partial charge in [0.15, 0.2) is 0 Å². The molecule has 0 bridgehead atoms. The van der Waals surface area contributed by atoms with E-state index < -0.39 is 17.4 Å². The number of carbonyl (C=O) groups is 3. The van der Waals surface area contributed by atoms with Crippen LogP contribution in [0.3, 0.4) is 0 Å². The molecule has 1 saturated heterocycles. The number of carbonyl (C=O) groups excluding carboxylic acids is 3. The van der Waals surface area contributed by atoms with Crippen molar-refractivity contribution >= 4 is 17.8 Å². The molecule has 112 valence electrons. The second-order valence-corrected chi connectivity index (χ2v) is 6.46. The van der Waals surface area contributed by atoms with E-state index in [1.54, 1.807) is 0 Å². The lowest BCUT2D eigenvalue weighted by atomic mass is 9.77. The number of hydrogen-bond donors (Lipinski definition) is 1. The van der Waals surface area contributed by atoms with E-state index in [1.807, 2.05) is 13.8 Å². The second kappa shape index (κ2) is 5.19. The van der Waals surface area contributed by atoms with Crippen LogP contribution in [0.2, 0.25) is 0 Å². The molecule has 0 spiro atoms. The van der Waals surface area contributed by atoms with Gasteiger partial charge in [0.1, 0.15) is 5.41 Å². The van der Waals surface area contributed by atoms with Crippen LogP contribution in [0.1, 0.15) is 59.3 Å². The van der Waals surface area contributed by atoms with Crippen molar-refractivity contribution in [1.82, 2.24) is 10.2 Å². The Kier molecular flexibility index (Phi) is 3.89. The molecule has 0 unspecified atom stereocenters. The van der Waals surface area contributed by atoms with Crippen molar-refractivity contribution in [2.75, 3.05) is 6.54 Å². The van der Waals surface area contributed by atoms with Gasteiger partial charge in [-0.3, -0.25) is 19.8 Å². The van der Waals surface area contributed by atoms with Crippen LogP contribution in [0.5, 0.6) is 0 Å². The fourth-order valence-corrected chi connectivity index (χ4v) is 3.52. The Bertz CT molecular complexity index is 434. The first kappa shape index (κ1) is 15.0. The number of nitrogens with one attached hydrogen (secondary N) is 1. The van der Waals surface area contributed by atoms with Gasteiger partial charge >= 0.3 is 6.03 Å². The second-order valence-electron chi connectivity index (χ2n) is 6.46. The number of rotatable bonds is 4. The zero-order valence-corrected chi connectivity index (χ0v) is 12.6. The highest BCUT2D eigenvalue weighted by Crippen LogP contribution is 2.40. The van der Waals surface area contributed by atoms with Gasteiger partial charge in [0.25, 0.3) is 0 Å². The molecule has 0 aromatic heterocycles. The number of barbiturate groups is 1. The van der Waals surface area contributed by atoms with Gasteiger partial charge in [0.05, 0.1) is 0 Å². The Morgan fingerprint density at radius 2 is 1.65 bits per heavy atom. The van der Waals surface area contributed by atoms with Crippen LogP contribution in [0, 0.1) is 10.8 Å². The molecule has 2 aliphatic rings. The van der Waals surface area contributed by atoms with Gasteiger partial charge in [-0.1, -0.05) is 33.6 Å². The first-order valence-corrected chi connectivity index (χ1v) is 7.56. The average molecular weight is 280 g/mol. The van der Waals surface area contributed by atoms with E-state index in [2.05, 4.69) is 12.2 Å². The maximum absolute atomic E-state index is 12.7. The quantitative estimate of drug-likeness (QED) is 0.804. The summed E-state index contributed by atoms with van der Waals surface area (Å²) in [5.41, 5.74) is -1.07. The van der Waals surface area contributed by atoms with Gasteiger partial charge in [-0.15, -0.1) is 0 Å². The lowest BCUT2D eigenvalue weighted by Crippen LogP contribution is -2.64. The van der Waals surface area contributed by atoms with Crippen molar-refractivity contribution in [1.29, 1.82) is 0 Å². The summed E-state index contributed by atoms with van der Waals surface area (Å²) in [7, 11) is 0. The van der Waals surface area contributed by atoms with Crippen LogP contribution in [0.4, 0.5) is 4.79 Å². The summed E-state index contributed by atoms with van der Waals surface area (Å²) < 4.78 is 0. The SMILES string of the molecule is CCC1(CC)C(=O)NC(=O)N(CC2(C)CCCC2)C1=O. The Hall–Kier alpha value is -1.39. The predicted octanol–water partition coefficient (Wildman–Crippen LogP) is 2.45. The molecule has 1 aliphatic heterocycles. The maximum atomic E-state index is 12.7. The van der Waals surface area contributed by atoms with Gasteiger partial charge in [0, 0.05) is 6.54 Å². The highest BCUT2D eigenvalue weighted by molar-refractivity contribution is 6.19. The molecule has 5 nitrogen and oxygen atoms in total. The third kappa shape index (κ3) is 2.23. The highest BCUT2D eigenvalue weighted by atomic mass is 16.2. The zero-order valence-electron chi connectivity index (χ0n) is 12.6. The Labute approximate surface area is 120 Å². The molecule has 5 heteroatoms. The van der Waals surface area contributed by atoms with Crippen LogP contribution >= 0.6 is 0 Å². The molecule has 0 aromatic rings. The van der Waals surface area contributed by atoms with E-state index in [0.29, 0.717) is 19.4 Å². The molecule has 1 heterocycles. The molecule has 2 fully saturated rings. The van der Waals surface area contributed by atoms with Gasteiger partial charge in [-0.25, -0.2) is 4.79 Å². The Balaban J connectivity index is 2.25. The lowest BCUT2D eigenvalue weighted by Gasteiger charge is -2.41. The minimum absolute atomic E-state index is 0.000606. The van der Waals surface area contributed by atoms with Gasteiger partial charge in [0.2, 0.25) is 11.8 Å². The Morgan fingerprint density at radius 3 is 2.15 bits per heavy atom. The predicted molar refractivity (Wildman–Crippen MR) is 74.8 cm³/mol.